The lowest BCUT2D eigenvalue weighted by Gasteiger charge is -2.28. The number of carboxylic acids is 1. The van der Waals surface area contributed by atoms with Crippen LogP contribution in [0.5, 0.6) is 0 Å². The maximum atomic E-state index is 11.8. The third-order valence-corrected chi connectivity index (χ3v) is 3.62. The molecule has 2 fully saturated rings. The van der Waals surface area contributed by atoms with Crippen LogP contribution in [0.4, 0.5) is 0 Å². The number of carboxylic acid groups (broad SMARTS) is 1. The lowest BCUT2D eigenvalue weighted by atomic mass is 9.90. The summed E-state index contributed by atoms with van der Waals surface area (Å²) in [6.45, 7) is 0. The summed E-state index contributed by atoms with van der Waals surface area (Å²) in [6, 6.07) is 0.313. The van der Waals surface area contributed by atoms with Gasteiger partial charge in [0.05, 0.1) is 11.8 Å². The van der Waals surface area contributed by atoms with Crippen LogP contribution in [-0.4, -0.2) is 23.0 Å². The van der Waals surface area contributed by atoms with Crippen LogP contribution in [0.15, 0.2) is 0 Å². The van der Waals surface area contributed by atoms with Gasteiger partial charge in [-0.3, -0.25) is 9.59 Å². The lowest BCUT2D eigenvalue weighted by Crippen LogP contribution is -2.44. The van der Waals surface area contributed by atoms with Crippen molar-refractivity contribution in [3.8, 4) is 0 Å². The van der Waals surface area contributed by atoms with E-state index in [0.717, 1.165) is 25.7 Å². The van der Waals surface area contributed by atoms with Gasteiger partial charge in [0.15, 0.2) is 0 Å². The second-order valence-electron chi connectivity index (χ2n) is 4.62. The van der Waals surface area contributed by atoms with Gasteiger partial charge < -0.3 is 10.4 Å². The zero-order chi connectivity index (χ0) is 10.8. The Balaban J connectivity index is 1.90. The van der Waals surface area contributed by atoms with E-state index in [1.54, 1.807) is 0 Å². The van der Waals surface area contributed by atoms with E-state index in [1.165, 1.54) is 6.42 Å². The normalized spacial score (nSPS) is 30.9. The number of carbonyl (C=O) groups is 2. The summed E-state index contributed by atoms with van der Waals surface area (Å²) in [4.78, 5) is 22.7. The first-order chi connectivity index (χ1) is 7.18. The van der Waals surface area contributed by atoms with E-state index >= 15 is 0 Å². The van der Waals surface area contributed by atoms with Crippen LogP contribution in [0.3, 0.4) is 0 Å². The van der Waals surface area contributed by atoms with Crippen LogP contribution in [0.25, 0.3) is 0 Å². The first kappa shape index (κ1) is 10.5. The van der Waals surface area contributed by atoms with Crippen molar-refractivity contribution in [1.82, 2.24) is 5.32 Å². The average molecular weight is 211 g/mol. The Hall–Kier alpha value is -1.06. The molecule has 0 bridgehead atoms. The van der Waals surface area contributed by atoms with E-state index in [0.29, 0.717) is 12.5 Å². The Morgan fingerprint density at radius 2 is 1.60 bits per heavy atom. The van der Waals surface area contributed by atoms with Crippen molar-refractivity contribution in [2.45, 2.75) is 44.6 Å². The molecule has 0 aromatic carbocycles. The van der Waals surface area contributed by atoms with Gasteiger partial charge in [-0.15, -0.1) is 0 Å². The largest absolute Gasteiger partial charge is 0.481 e. The summed E-state index contributed by atoms with van der Waals surface area (Å²) in [5.74, 6) is -1.60. The van der Waals surface area contributed by atoms with Gasteiger partial charge in [-0.2, -0.15) is 0 Å². The molecule has 0 aliphatic heterocycles. The third-order valence-electron chi connectivity index (χ3n) is 3.62. The van der Waals surface area contributed by atoms with E-state index in [9.17, 15) is 9.59 Å². The average Bonchev–Trinajstić information content (AvgIpc) is 2.59. The fourth-order valence-electron chi connectivity index (χ4n) is 2.43. The Kier molecular flexibility index (Phi) is 2.93. The van der Waals surface area contributed by atoms with Gasteiger partial charge in [-0.05, 0) is 32.1 Å². The van der Waals surface area contributed by atoms with Crippen LogP contribution < -0.4 is 5.32 Å². The topological polar surface area (TPSA) is 66.4 Å². The van der Waals surface area contributed by atoms with Gasteiger partial charge in [-0.25, -0.2) is 0 Å². The molecule has 2 aliphatic rings. The maximum absolute atomic E-state index is 11.8. The van der Waals surface area contributed by atoms with Crippen LogP contribution in [-0.2, 0) is 9.59 Å². The molecule has 0 radical (unpaired) electrons. The Labute approximate surface area is 89.0 Å². The molecule has 0 aromatic rings. The zero-order valence-electron chi connectivity index (χ0n) is 8.74. The number of aliphatic carboxylic acids is 1. The fraction of sp³-hybridized carbons (Fsp3) is 0.818. The highest BCUT2D eigenvalue weighted by atomic mass is 16.4. The van der Waals surface area contributed by atoms with E-state index < -0.39 is 11.9 Å². The summed E-state index contributed by atoms with van der Waals surface area (Å²) in [7, 11) is 0. The molecular weight excluding hydrogens is 194 g/mol. The SMILES string of the molecule is O=C(O)C1CCCC1C(=O)NC1CCC1. The third kappa shape index (κ3) is 2.13. The number of amides is 1. The highest BCUT2D eigenvalue weighted by Crippen LogP contribution is 2.32. The zero-order valence-corrected chi connectivity index (χ0v) is 8.74. The van der Waals surface area contributed by atoms with Gasteiger partial charge in [0.25, 0.3) is 0 Å². The molecule has 0 saturated heterocycles. The standard InChI is InChI=1S/C11H17NO3/c13-10(12-7-3-1-4-7)8-5-2-6-9(8)11(14)15/h7-9H,1-6H2,(H,12,13)(H,14,15). The van der Waals surface area contributed by atoms with E-state index in [-0.39, 0.29) is 11.8 Å². The summed E-state index contributed by atoms with van der Waals surface area (Å²) in [5, 5.41) is 11.9. The summed E-state index contributed by atoms with van der Waals surface area (Å²) in [6.07, 6.45) is 5.53. The smallest absolute Gasteiger partial charge is 0.307 e. The highest BCUT2D eigenvalue weighted by molar-refractivity contribution is 5.85. The minimum absolute atomic E-state index is 0.0374. The van der Waals surface area contributed by atoms with Gasteiger partial charge in [0.1, 0.15) is 0 Å². The molecule has 1 amide bonds. The first-order valence-electron chi connectivity index (χ1n) is 5.71. The van der Waals surface area contributed by atoms with Crippen molar-refractivity contribution in [2.24, 2.45) is 11.8 Å². The first-order valence-corrected chi connectivity index (χ1v) is 5.71. The Morgan fingerprint density at radius 1 is 1.00 bits per heavy atom. The molecule has 0 spiro atoms. The van der Waals surface area contributed by atoms with Gasteiger partial charge in [-0.1, -0.05) is 6.42 Å². The minimum Gasteiger partial charge on any atom is -0.481 e. The van der Waals surface area contributed by atoms with Crippen molar-refractivity contribution >= 4 is 11.9 Å². The van der Waals surface area contributed by atoms with Crippen molar-refractivity contribution in [3.05, 3.63) is 0 Å². The predicted octanol–water partition coefficient (Wildman–Crippen LogP) is 1.16. The second-order valence-corrected chi connectivity index (χ2v) is 4.62. The number of hydrogen-bond donors (Lipinski definition) is 2. The Morgan fingerprint density at radius 3 is 2.13 bits per heavy atom. The summed E-state index contributed by atoms with van der Waals surface area (Å²) in [5.41, 5.74) is 0. The van der Waals surface area contributed by atoms with Crippen LogP contribution >= 0.6 is 0 Å². The van der Waals surface area contributed by atoms with Crippen molar-refractivity contribution < 1.29 is 14.7 Å². The van der Waals surface area contributed by atoms with Gasteiger partial charge >= 0.3 is 5.97 Å². The molecule has 15 heavy (non-hydrogen) atoms. The highest BCUT2D eigenvalue weighted by Gasteiger charge is 2.38. The van der Waals surface area contributed by atoms with Crippen LogP contribution in [0.1, 0.15) is 38.5 Å². The molecule has 4 nitrogen and oxygen atoms in total. The maximum Gasteiger partial charge on any atom is 0.307 e. The van der Waals surface area contributed by atoms with Crippen molar-refractivity contribution in [2.75, 3.05) is 0 Å². The molecule has 2 atom stereocenters. The lowest BCUT2D eigenvalue weighted by molar-refractivity contribution is -0.146. The van der Waals surface area contributed by atoms with E-state index in [1.807, 2.05) is 0 Å². The fourth-order valence-corrected chi connectivity index (χ4v) is 2.43. The van der Waals surface area contributed by atoms with Gasteiger partial charge in [0.2, 0.25) is 5.91 Å². The molecule has 0 heterocycles. The van der Waals surface area contributed by atoms with Crippen LogP contribution in [0, 0.1) is 11.8 Å². The van der Waals surface area contributed by atoms with E-state index in [2.05, 4.69) is 5.32 Å². The molecule has 0 aromatic heterocycles. The molecule has 2 saturated carbocycles. The number of hydrogen-bond acceptors (Lipinski definition) is 2. The predicted molar refractivity (Wildman–Crippen MR) is 54.2 cm³/mol. The monoisotopic (exact) mass is 211 g/mol. The number of nitrogens with one attached hydrogen (secondary N) is 1. The molecule has 4 heteroatoms. The molecular formula is C11H17NO3. The van der Waals surface area contributed by atoms with Crippen molar-refractivity contribution in [3.63, 3.8) is 0 Å². The molecule has 84 valence electrons. The van der Waals surface area contributed by atoms with Crippen LogP contribution in [0.2, 0.25) is 0 Å². The quantitative estimate of drug-likeness (QED) is 0.736. The summed E-state index contributed by atoms with van der Waals surface area (Å²) >= 11 is 0. The van der Waals surface area contributed by atoms with E-state index in [4.69, 9.17) is 5.11 Å². The molecule has 2 aliphatic carbocycles. The molecule has 2 N–H and O–H groups in total. The second kappa shape index (κ2) is 4.21. The minimum atomic E-state index is -0.818. The molecule has 2 unspecified atom stereocenters. The Bertz CT molecular complexity index is 273. The molecule has 2 rings (SSSR count). The summed E-state index contributed by atoms with van der Waals surface area (Å²) < 4.78 is 0. The van der Waals surface area contributed by atoms with Gasteiger partial charge in [0, 0.05) is 6.04 Å². The number of carbonyl (C=O) groups excluding carboxylic acids is 1. The number of rotatable bonds is 3. The van der Waals surface area contributed by atoms with Crippen molar-refractivity contribution in [1.29, 1.82) is 0 Å².